The lowest BCUT2D eigenvalue weighted by molar-refractivity contribution is -0.143. The van der Waals surface area contributed by atoms with E-state index in [-0.39, 0.29) is 12.1 Å². The van der Waals surface area contributed by atoms with Crippen LogP contribution in [0.25, 0.3) is 0 Å². The number of rotatable bonds is 8. The van der Waals surface area contributed by atoms with Gasteiger partial charge in [-0.05, 0) is 32.7 Å². The Morgan fingerprint density at radius 1 is 1.38 bits per heavy atom. The first kappa shape index (κ1) is 15.3. The maximum absolute atomic E-state index is 11.2. The van der Waals surface area contributed by atoms with Crippen LogP contribution < -0.4 is 0 Å². The number of hydrogen-bond acceptors (Lipinski definition) is 4. The number of esters is 1. The van der Waals surface area contributed by atoms with E-state index in [4.69, 9.17) is 13.6 Å². The van der Waals surface area contributed by atoms with Crippen LogP contribution in [0.5, 0.6) is 0 Å². The molecule has 16 heavy (non-hydrogen) atoms. The summed E-state index contributed by atoms with van der Waals surface area (Å²) in [5.74, 6) is -0.320. The highest BCUT2D eigenvalue weighted by Gasteiger charge is 2.13. The van der Waals surface area contributed by atoms with E-state index < -0.39 is 9.28 Å². The maximum atomic E-state index is 11.2. The molecule has 0 spiro atoms. The molecule has 0 aromatic carbocycles. The standard InChI is InChI=1S/C11H22O4Si/c1-9(2)11(12)15-10(3)7-6-8-16(13-4)14-5/h10,16H,1,6-8H2,2-5H3. The van der Waals surface area contributed by atoms with E-state index in [2.05, 4.69) is 6.58 Å². The fraction of sp³-hybridized carbons (Fsp3) is 0.727. The molecular weight excluding hydrogens is 224 g/mol. The van der Waals surface area contributed by atoms with Crippen molar-refractivity contribution in [2.24, 2.45) is 0 Å². The molecule has 0 rings (SSSR count). The topological polar surface area (TPSA) is 44.8 Å². The summed E-state index contributed by atoms with van der Waals surface area (Å²) in [6.45, 7) is 7.07. The van der Waals surface area contributed by atoms with Gasteiger partial charge in [0.25, 0.3) is 0 Å². The molecule has 0 heterocycles. The minimum Gasteiger partial charge on any atom is -0.459 e. The van der Waals surface area contributed by atoms with Gasteiger partial charge in [-0.1, -0.05) is 6.58 Å². The van der Waals surface area contributed by atoms with Crippen LogP contribution in [0.2, 0.25) is 6.04 Å². The highest BCUT2D eigenvalue weighted by Crippen LogP contribution is 2.09. The molecule has 5 heteroatoms. The summed E-state index contributed by atoms with van der Waals surface area (Å²) in [5, 5.41) is 0. The maximum Gasteiger partial charge on any atom is 0.333 e. The molecule has 0 N–H and O–H groups in total. The first-order valence-electron chi connectivity index (χ1n) is 5.43. The molecule has 0 fully saturated rings. The van der Waals surface area contributed by atoms with Gasteiger partial charge in [0.05, 0.1) is 6.10 Å². The molecule has 0 saturated heterocycles. The predicted molar refractivity (Wildman–Crippen MR) is 65.6 cm³/mol. The van der Waals surface area contributed by atoms with Crippen molar-refractivity contribution in [2.75, 3.05) is 14.2 Å². The average molecular weight is 246 g/mol. The second-order valence-corrected chi connectivity index (χ2v) is 6.21. The zero-order chi connectivity index (χ0) is 12.6. The monoisotopic (exact) mass is 246 g/mol. The third-order valence-corrected chi connectivity index (χ3v) is 4.16. The molecule has 0 aliphatic carbocycles. The van der Waals surface area contributed by atoms with Crippen molar-refractivity contribution in [3.8, 4) is 0 Å². The summed E-state index contributed by atoms with van der Waals surface area (Å²) in [5.41, 5.74) is 0.438. The normalized spacial score (nSPS) is 12.6. The van der Waals surface area contributed by atoms with Gasteiger partial charge in [0.15, 0.2) is 0 Å². The Kier molecular flexibility index (Phi) is 8.15. The van der Waals surface area contributed by atoms with Gasteiger partial charge in [-0.15, -0.1) is 0 Å². The minimum absolute atomic E-state index is 0.0763. The molecule has 4 nitrogen and oxygen atoms in total. The van der Waals surface area contributed by atoms with Crippen molar-refractivity contribution in [1.82, 2.24) is 0 Å². The molecule has 1 atom stereocenters. The summed E-state index contributed by atoms with van der Waals surface area (Å²) in [4.78, 5) is 11.2. The zero-order valence-corrected chi connectivity index (χ0v) is 11.8. The van der Waals surface area contributed by atoms with Crippen LogP contribution in [0.15, 0.2) is 12.2 Å². The number of ether oxygens (including phenoxy) is 1. The molecule has 94 valence electrons. The highest BCUT2D eigenvalue weighted by atomic mass is 28.3. The van der Waals surface area contributed by atoms with Crippen molar-refractivity contribution >= 4 is 15.3 Å². The molecule has 1 unspecified atom stereocenters. The van der Waals surface area contributed by atoms with Crippen LogP contribution in [0.3, 0.4) is 0 Å². The Morgan fingerprint density at radius 3 is 2.38 bits per heavy atom. The van der Waals surface area contributed by atoms with Gasteiger partial charge < -0.3 is 13.6 Å². The van der Waals surface area contributed by atoms with Crippen LogP contribution in [0, 0.1) is 0 Å². The predicted octanol–water partition coefficient (Wildman–Crippen LogP) is 1.79. The summed E-state index contributed by atoms with van der Waals surface area (Å²) in [7, 11) is 1.88. The summed E-state index contributed by atoms with van der Waals surface area (Å²) in [6.07, 6.45) is 1.70. The number of hydrogen-bond donors (Lipinski definition) is 0. The Bertz CT molecular complexity index is 226. The van der Waals surface area contributed by atoms with Crippen molar-refractivity contribution < 1.29 is 18.4 Å². The van der Waals surface area contributed by atoms with Crippen molar-refractivity contribution in [3.63, 3.8) is 0 Å². The van der Waals surface area contributed by atoms with Crippen LogP contribution in [-0.4, -0.2) is 35.6 Å². The average Bonchev–Trinajstić information content (AvgIpc) is 2.24. The summed E-state index contributed by atoms with van der Waals surface area (Å²) >= 11 is 0. The molecule has 0 aromatic heterocycles. The van der Waals surface area contributed by atoms with Gasteiger partial charge in [0.2, 0.25) is 0 Å². The molecule has 0 saturated carbocycles. The van der Waals surface area contributed by atoms with E-state index in [1.807, 2.05) is 6.92 Å². The fourth-order valence-corrected chi connectivity index (χ4v) is 2.48. The van der Waals surface area contributed by atoms with E-state index in [0.29, 0.717) is 5.57 Å². The van der Waals surface area contributed by atoms with E-state index in [9.17, 15) is 4.79 Å². The largest absolute Gasteiger partial charge is 0.459 e. The lowest BCUT2D eigenvalue weighted by Crippen LogP contribution is -2.20. The zero-order valence-electron chi connectivity index (χ0n) is 10.6. The van der Waals surface area contributed by atoms with Crippen LogP contribution in [0.4, 0.5) is 0 Å². The highest BCUT2D eigenvalue weighted by molar-refractivity contribution is 6.44. The van der Waals surface area contributed by atoms with E-state index in [1.54, 1.807) is 21.1 Å². The van der Waals surface area contributed by atoms with Crippen LogP contribution in [0.1, 0.15) is 26.7 Å². The first-order valence-corrected chi connectivity index (χ1v) is 7.19. The van der Waals surface area contributed by atoms with Crippen LogP contribution in [-0.2, 0) is 18.4 Å². The first-order chi connectivity index (χ1) is 7.51. The third kappa shape index (κ3) is 6.76. The SMILES string of the molecule is C=C(C)C(=O)OC(C)CCC[SiH](OC)OC. The van der Waals surface area contributed by atoms with Gasteiger partial charge in [0.1, 0.15) is 0 Å². The molecule has 0 aliphatic heterocycles. The van der Waals surface area contributed by atoms with Crippen LogP contribution >= 0.6 is 0 Å². The Morgan fingerprint density at radius 2 is 1.94 bits per heavy atom. The minimum atomic E-state index is -1.46. The van der Waals surface area contributed by atoms with Crippen molar-refractivity contribution in [2.45, 2.75) is 38.8 Å². The van der Waals surface area contributed by atoms with Gasteiger partial charge in [-0.2, -0.15) is 0 Å². The van der Waals surface area contributed by atoms with Gasteiger partial charge in [-0.3, -0.25) is 0 Å². The number of carbonyl (C=O) groups is 1. The summed E-state index contributed by atoms with van der Waals surface area (Å²) in [6, 6.07) is 0.933. The Balaban J connectivity index is 3.69. The number of carbonyl (C=O) groups excluding carboxylic acids is 1. The van der Waals surface area contributed by atoms with E-state index in [0.717, 1.165) is 18.9 Å². The Labute approximate surface area is 99.4 Å². The molecular formula is C11H22O4Si. The second-order valence-electron chi connectivity index (χ2n) is 3.83. The quantitative estimate of drug-likeness (QED) is 0.372. The molecule has 0 bridgehead atoms. The fourth-order valence-electron chi connectivity index (χ4n) is 1.25. The smallest absolute Gasteiger partial charge is 0.333 e. The van der Waals surface area contributed by atoms with Gasteiger partial charge in [-0.25, -0.2) is 4.79 Å². The molecule has 0 amide bonds. The molecule has 0 aromatic rings. The van der Waals surface area contributed by atoms with Gasteiger partial charge in [0, 0.05) is 19.8 Å². The van der Waals surface area contributed by atoms with E-state index >= 15 is 0 Å². The van der Waals surface area contributed by atoms with E-state index in [1.165, 1.54) is 0 Å². The van der Waals surface area contributed by atoms with Gasteiger partial charge >= 0.3 is 15.3 Å². The lowest BCUT2D eigenvalue weighted by atomic mass is 10.2. The molecule has 0 aliphatic rings. The second kappa shape index (κ2) is 8.49. The van der Waals surface area contributed by atoms with Crippen molar-refractivity contribution in [1.29, 1.82) is 0 Å². The Hall–Kier alpha value is -0.653. The third-order valence-electron chi connectivity index (χ3n) is 2.23. The molecule has 0 radical (unpaired) electrons. The van der Waals surface area contributed by atoms with Crippen molar-refractivity contribution in [3.05, 3.63) is 12.2 Å². The lowest BCUT2D eigenvalue weighted by Gasteiger charge is -2.14. The summed E-state index contributed by atoms with van der Waals surface area (Å²) < 4.78 is 15.5.